The number of nitrogen functional groups attached to an aromatic ring is 2. The number of rotatable bonds is 10. The highest BCUT2D eigenvalue weighted by atomic mass is 32.2. The van der Waals surface area contributed by atoms with Crippen LogP contribution in [0.1, 0.15) is 5.69 Å². The van der Waals surface area contributed by atoms with Crippen LogP contribution >= 0.6 is 34.9 Å². The van der Waals surface area contributed by atoms with Crippen LogP contribution in [0.15, 0.2) is 21.6 Å². The number of primary amides is 1. The second-order valence-electron chi connectivity index (χ2n) is 8.67. The quantitative estimate of drug-likeness (QED) is 0.0695. The first-order valence-corrected chi connectivity index (χ1v) is 14.1. The number of nitrogens with one attached hydrogen (secondary N) is 1. The second-order valence-corrected chi connectivity index (χ2v) is 11.7. The number of tetrazole rings is 1. The monoisotopic (exact) mass is 608 g/mol. The van der Waals surface area contributed by atoms with E-state index in [2.05, 4.69) is 36.1 Å². The standard InChI is InChI=1S/C19H20N12O6S3/c20-7-1-10(26-31-13(7)25-28-29-31)39-5-19(17(35)36)4-30-15(34)12(16(30)40-6-19)24-14(33)11(27-37-2-9(21)32)8-3-38-18(22)23-8/h1,3,12,16H,2,4-6,20H2,(H2,21,32)(H2,22,23)(H,24,33)(H,35,36)/t12?,16-,19?/m1/s1. The number of carboxylic acid groups (broad SMARTS) is 1. The second kappa shape index (κ2) is 10.7. The summed E-state index contributed by atoms with van der Waals surface area (Å²) in [6.07, 6.45) is 0. The van der Waals surface area contributed by atoms with Gasteiger partial charge >= 0.3 is 5.97 Å². The summed E-state index contributed by atoms with van der Waals surface area (Å²) < 4.78 is 1.15. The van der Waals surface area contributed by atoms with Gasteiger partial charge in [-0.2, -0.15) is 0 Å². The summed E-state index contributed by atoms with van der Waals surface area (Å²) in [7, 11) is 0. The Kier molecular flexibility index (Phi) is 7.33. The van der Waals surface area contributed by atoms with Crippen molar-refractivity contribution in [2.75, 3.05) is 36.1 Å². The van der Waals surface area contributed by atoms with E-state index in [9.17, 15) is 24.3 Å². The first-order valence-electron chi connectivity index (χ1n) is 11.2. The average Bonchev–Trinajstić information content (AvgIpc) is 3.57. The Balaban J connectivity index is 1.26. The molecule has 3 atom stereocenters. The average molecular weight is 609 g/mol. The van der Waals surface area contributed by atoms with Crippen molar-refractivity contribution in [3.05, 3.63) is 17.1 Å². The molecule has 0 saturated carbocycles. The number of hydrogen-bond donors (Lipinski definition) is 5. The molecule has 5 heterocycles. The zero-order chi connectivity index (χ0) is 28.6. The van der Waals surface area contributed by atoms with E-state index in [1.165, 1.54) is 22.0 Å². The van der Waals surface area contributed by atoms with Crippen molar-refractivity contribution >= 4 is 80.7 Å². The molecule has 40 heavy (non-hydrogen) atoms. The number of fused-ring (bicyclic) bond motifs is 2. The molecule has 2 aliphatic heterocycles. The number of amides is 3. The van der Waals surface area contributed by atoms with Gasteiger partial charge in [-0.1, -0.05) is 5.16 Å². The number of anilines is 2. The summed E-state index contributed by atoms with van der Waals surface area (Å²) in [6.45, 7) is -0.655. The number of carboxylic acids is 1. The third-order valence-corrected chi connectivity index (χ3v) is 9.36. The van der Waals surface area contributed by atoms with Crippen molar-refractivity contribution in [3.63, 3.8) is 0 Å². The van der Waals surface area contributed by atoms with Crippen molar-refractivity contribution in [1.29, 1.82) is 0 Å². The third-order valence-electron chi connectivity index (χ3n) is 5.91. The van der Waals surface area contributed by atoms with Gasteiger partial charge in [-0.3, -0.25) is 19.2 Å². The van der Waals surface area contributed by atoms with E-state index < -0.39 is 47.1 Å². The van der Waals surface area contributed by atoms with E-state index in [0.717, 1.165) is 27.7 Å². The highest BCUT2D eigenvalue weighted by Gasteiger charge is 2.57. The van der Waals surface area contributed by atoms with E-state index in [4.69, 9.17) is 22.0 Å². The molecule has 0 aliphatic carbocycles. The molecule has 0 radical (unpaired) electrons. The van der Waals surface area contributed by atoms with Gasteiger partial charge in [-0.25, -0.2) is 4.98 Å². The summed E-state index contributed by atoms with van der Waals surface area (Å²) in [5.74, 6) is -2.90. The van der Waals surface area contributed by atoms with Gasteiger partial charge < -0.3 is 37.4 Å². The van der Waals surface area contributed by atoms with Gasteiger partial charge in [0.15, 0.2) is 17.5 Å². The lowest BCUT2D eigenvalue weighted by molar-refractivity contribution is -0.157. The van der Waals surface area contributed by atoms with Gasteiger partial charge in [0.2, 0.25) is 11.6 Å². The smallest absolute Gasteiger partial charge is 0.313 e. The van der Waals surface area contributed by atoms with Crippen LogP contribution in [0.2, 0.25) is 0 Å². The zero-order valence-corrected chi connectivity index (χ0v) is 22.6. The molecule has 21 heteroatoms. The maximum Gasteiger partial charge on any atom is 0.313 e. The highest BCUT2D eigenvalue weighted by Crippen LogP contribution is 2.44. The topological polar surface area (TPSA) is 272 Å². The van der Waals surface area contributed by atoms with Gasteiger partial charge in [0.05, 0.1) is 5.69 Å². The molecule has 0 spiro atoms. The van der Waals surface area contributed by atoms with Gasteiger partial charge in [0.25, 0.3) is 11.8 Å². The van der Waals surface area contributed by atoms with Crippen LogP contribution in [0.5, 0.6) is 0 Å². The number of aromatic nitrogens is 6. The minimum absolute atomic E-state index is 0.0773. The summed E-state index contributed by atoms with van der Waals surface area (Å²) >= 11 is 3.43. The summed E-state index contributed by atoms with van der Waals surface area (Å²) in [4.78, 5) is 59.7. The number of nitrogens with two attached hydrogens (primary N) is 3. The van der Waals surface area contributed by atoms with Gasteiger partial charge in [-0.05, 0) is 16.5 Å². The van der Waals surface area contributed by atoms with Gasteiger partial charge in [0.1, 0.15) is 27.6 Å². The van der Waals surface area contributed by atoms with Crippen LogP contribution in [0.25, 0.3) is 5.65 Å². The Hall–Kier alpha value is -4.24. The molecule has 8 N–H and O–H groups in total. The van der Waals surface area contributed by atoms with Crippen molar-refractivity contribution < 1.29 is 29.1 Å². The number of oxime groups is 1. The molecule has 0 aromatic carbocycles. The number of nitrogens with zero attached hydrogens (tertiary/aromatic N) is 8. The molecule has 0 bridgehead atoms. The normalized spacial score (nSPS) is 22.4. The predicted molar refractivity (Wildman–Crippen MR) is 142 cm³/mol. The lowest BCUT2D eigenvalue weighted by Gasteiger charge is -2.53. The molecule has 3 aromatic rings. The highest BCUT2D eigenvalue weighted by molar-refractivity contribution is 8.00. The van der Waals surface area contributed by atoms with E-state index in [1.807, 2.05) is 0 Å². The summed E-state index contributed by atoms with van der Waals surface area (Å²) in [5, 5.41) is 33.1. The van der Waals surface area contributed by atoms with E-state index in [1.54, 1.807) is 6.07 Å². The van der Waals surface area contributed by atoms with E-state index in [0.29, 0.717) is 5.03 Å². The molecule has 3 aromatic heterocycles. The fourth-order valence-electron chi connectivity index (χ4n) is 3.90. The first kappa shape index (κ1) is 27.3. The number of aliphatic carboxylic acids is 1. The Morgan fingerprint density at radius 2 is 2.15 bits per heavy atom. The van der Waals surface area contributed by atoms with Crippen molar-refractivity contribution in [3.8, 4) is 0 Å². The SMILES string of the molecule is NC(=O)CON=C(C(=O)NC1C(=O)N2CC(CSc3cc(N)c4nnnn4n3)(C(=O)O)CS[C@H]12)c1csc(N)n1. The van der Waals surface area contributed by atoms with Crippen molar-refractivity contribution in [2.24, 2.45) is 16.3 Å². The molecule has 2 fully saturated rings. The molecule has 3 amide bonds. The molecular formula is C19H20N12O6S3. The number of hydrogen-bond acceptors (Lipinski definition) is 16. The molecule has 210 valence electrons. The van der Waals surface area contributed by atoms with Crippen LogP contribution in [0, 0.1) is 5.41 Å². The molecule has 5 rings (SSSR count). The minimum atomic E-state index is -1.30. The fourth-order valence-corrected chi connectivity index (χ4v) is 7.21. The molecule has 18 nitrogen and oxygen atoms in total. The number of thiazole rings is 1. The number of carbonyl (C=O) groups excluding carboxylic acids is 3. The molecule has 2 aliphatic rings. The van der Waals surface area contributed by atoms with Crippen LogP contribution in [-0.4, -0.2) is 106 Å². The van der Waals surface area contributed by atoms with E-state index >= 15 is 0 Å². The van der Waals surface area contributed by atoms with Crippen LogP contribution < -0.4 is 22.5 Å². The molecular weight excluding hydrogens is 588 g/mol. The maximum absolute atomic E-state index is 13.0. The lowest BCUT2D eigenvalue weighted by Crippen LogP contribution is -2.74. The zero-order valence-electron chi connectivity index (χ0n) is 20.2. The summed E-state index contributed by atoms with van der Waals surface area (Å²) in [5.41, 5.74) is 15.7. The third kappa shape index (κ3) is 5.16. The van der Waals surface area contributed by atoms with Gasteiger partial charge in [0, 0.05) is 23.4 Å². The maximum atomic E-state index is 13.0. The Bertz CT molecular complexity index is 1540. The number of carbonyl (C=O) groups is 4. The van der Waals surface area contributed by atoms with Crippen molar-refractivity contribution in [1.82, 2.24) is 40.5 Å². The summed E-state index contributed by atoms with van der Waals surface area (Å²) in [6, 6.07) is 0.603. The van der Waals surface area contributed by atoms with Gasteiger partial charge in [-0.15, -0.1) is 49.7 Å². The number of β-lactam (4-membered cyclic amide) rings is 1. The van der Waals surface area contributed by atoms with E-state index in [-0.39, 0.29) is 45.9 Å². The van der Waals surface area contributed by atoms with Crippen LogP contribution in [0.3, 0.4) is 0 Å². The fraction of sp³-hybridized carbons (Fsp3) is 0.368. The number of thioether (sulfide) groups is 2. The predicted octanol–water partition coefficient (Wildman–Crippen LogP) is -2.39. The molecule has 2 unspecified atom stereocenters. The Morgan fingerprint density at radius 1 is 1.35 bits per heavy atom. The largest absolute Gasteiger partial charge is 0.481 e. The lowest BCUT2D eigenvalue weighted by atomic mass is 9.89. The Labute approximate surface area is 236 Å². The van der Waals surface area contributed by atoms with Crippen molar-refractivity contribution in [2.45, 2.75) is 16.4 Å². The Morgan fingerprint density at radius 3 is 2.85 bits per heavy atom. The minimum Gasteiger partial charge on any atom is -0.481 e. The first-order chi connectivity index (χ1) is 19.1. The van der Waals surface area contributed by atoms with Crippen LogP contribution in [0.4, 0.5) is 10.8 Å². The van der Waals surface area contributed by atoms with Crippen LogP contribution in [-0.2, 0) is 24.0 Å². The molecule has 2 saturated heterocycles.